The van der Waals surface area contributed by atoms with E-state index in [4.69, 9.17) is 11.6 Å². The molecular weight excluding hydrogens is 314 g/mol. The van der Waals surface area contributed by atoms with Crippen molar-refractivity contribution in [2.45, 2.75) is 38.8 Å². The van der Waals surface area contributed by atoms with Crippen LogP contribution in [0.2, 0.25) is 5.02 Å². The average Bonchev–Trinajstić information content (AvgIpc) is 3.02. The van der Waals surface area contributed by atoms with E-state index in [1.807, 2.05) is 34.9 Å². The Bertz CT molecular complexity index is 620. The molecule has 0 aromatic heterocycles. The van der Waals surface area contributed by atoms with Crippen molar-refractivity contribution in [2.24, 2.45) is 0 Å². The fourth-order valence-corrected chi connectivity index (χ4v) is 3.48. The van der Waals surface area contributed by atoms with E-state index in [-0.39, 0.29) is 18.0 Å². The van der Waals surface area contributed by atoms with Gasteiger partial charge in [0.15, 0.2) is 0 Å². The van der Waals surface area contributed by atoms with Crippen molar-refractivity contribution in [1.29, 1.82) is 0 Å². The first-order valence-electron chi connectivity index (χ1n) is 8.17. The minimum absolute atomic E-state index is 0.0404. The maximum Gasteiger partial charge on any atom is 0.317 e. The molecule has 1 atom stereocenters. The molecule has 6 heteroatoms. The third-order valence-electron chi connectivity index (χ3n) is 4.64. The highest BCUT2D eigenvalue weighted by Crippen LogP contribution is 2.23. The lowest BCUT2D eigenvalue weighted by atomic mass is 10.0. The second kappa shape index (κ2) is 6.79. The maximum absolute atomic E-state index is 12.5. The summed E-state index contributed by atoms with van der Waals surface area (Å²) < 4.78 is 0. The molecule has 0 unspecified atom stereocenters. The van der Waals surface area contributed by atoms with E-state index < -0.39 is 0 Å². The molecule has 1 aromatic rings. The summed E-state index contributed by atoms with van der Waals surface area (Å²) in [6.07, 6.45) is 2.18. The molecule has 3 amide bonds. The number of fused-ring (bicyclic) bond motifs is 1. The van der Waals surface area contributed by atoms with E-state index in [1.165, 1.54) is 5.56 Å². The van der Waals surface area contributed by atoms with Crippen LogP contribution in [0.4, 0.5) is 4.79 Å². The van der Waals surface area contributed by atoms with Crippen LogP contribution in [0.15, 0.2) is 18.2 Å². The van der Waals surface area contributed by atoms with Crippen molar-refractivity contribution in [3.8, 4) is 0 Å². The number of rotatable bonds is 2. The van der Waals surface area contributed by atoms with Gasteiger partial charge in [-0.05, 0) is 36.1 Å². The SMILES string of the molecule is CCC(=O)N1CC[C@H](NC(=O)N2CCc3cc(Cl)ccc3C2)C1. The zero-order chi connectivity index (χ0) is 16.4. The largest absolute Gasteiger partial charge is 0.341 e. The Hall–Kier alpha value is -1.75. The molecule has 0 aliphatic carbocycles. The number of likely N-dealkylation sites (tertiary alicyclic amines) is 1. The predicted octanol–water partition coefficient (Wildman–Crippen LogP) is 2.42. The molecule has 1 aromatic carbocycles. The first-order chi connectivity index (χ1) is 11.1. The average molecular weight is 336 g/mol. The number of hydrogen-bond donors (Lipinski definition) is 1. The van der Waals surface area contributed by atoms with E-state index in [0.29, 0.717) is 26.1 Å². The van der Waals surface area contributed by atoms with Crippen LogP contribution in [0.5, 0.6) is 0 Å². The molecule has 2 heterocycles. The van der Waals surface area contributed by atoms with Crippen molar-refractivity contribution < 1.29 is 9.59 Å². The van der Waals surface area contributed by atoms with Crippen molar-refractivity contribution in [3.63, 3.8) is 0 Å². The van der Waals surface area contributed by atoms with E-state index in [9.17, 15) is 9.59 Å². The Balaban J connectivity index is 1.56. The van der Waals surface area contributed by atoms with Gasteiger partial charge in [0.1, 0.15) is 0 Å². The highest BCUT2D eigenvalue weighted by atomic mass is 35.5. The van der Waals surface area contributed by atoms with E-state index in [0.717, 1.165) is 30.0 Å². The first kappa shape index (κ1) is 16.1. The zero-order valence-electron chi connectivity index (χ0n) is 13.3. The number of nitrogens with zero attached hydrogens (tertiary/aromatic N) is 2. The smallest absolute Gasteiger partial charge is 0.317 e. The Morgan fingerprint density at radius 3 is 2.87 bits per heavy atom. The highest BCUT2D eigenvalue weighted by Gasteiger charge is 2.28. The van der Waals surface area contributed by atoms with Crippen LogP contribution >= 0.6 is 11.6 Å². The fraction of sp³-hybridized carbons (Fsp3) is 0.529. The summed E-state index contributed by atoms with van der Waals surface area (Å²) >= 11 is 6.02. The molecule has 2 aliphatic heterocycles. The van der Waals surface area contributed by atoms with Crippen LogP contribution < -0.4 is 5.32 Å². The van der Waals surface area contributed by atoms with Crippen molar-refractivity contribution >= 4 is 23.5 Å². The van der Waals surface area contributed by atoms with Crippen LogP contribution in [0, 0.1) is 0 Å². The summed E-state index contributed by atoms with van der Waals surface area (Å²) in [6.45, 7) is 4.54. The predicted molar refractivity (Wildman–Crippen MR) is 89.4 cm³/mol. The topological polar surface area (TPSA) is 52.7 Å². The van der Waals surface area contributed by atoms with Gasteiger partial charge in [-0.1, -0.05) is 24.6 Å². The quantitative estimate of drug-likeness (QED) is 0.902. The van der Waals surface area contributed by atoms with Crippen molar-refractivity contribution in [3.05, 3.63) is 34.3 Å². The molecule has 5 nitrogen and oxygen atoms in total. The van der Waals surface area contributed by atoms with Gasteiger partial charge in [0.25, 0.3) is 0 Å². The standard InChI is InChI=1S/C17H22ClN3O2/c1-2-16(22)20-8-6-15(11-20)19-17(23)21-7-5-12-9-14(18)4-3-13(12)10-21/h3-4,9,15H,2,5-8,10-11H2,1H3,(H,19,23)/t15-/m0/s1. The third-order valence-corrected chi connectivity index (χ3v) is 4.87. The van der Waals surface area contributed by atoms with Gasteiger partial charge in [0.2, 0.25) is 5.91 Å². The van der Waals surface area contributed by atoms with Crippen LogP contribution in [-0.4, -0.2) is 47.4 Å². The highest BCUT2D eigenvalue weighted by molar-refractivity contribution is 6.30. The molecule has 0 radical (unpaired) electrons. The second-order valence-electron chi connectivity index (χ2n) is 6.21. The van der Waals surface area contributed by atoms with Gasteiger partial charge in [-0.3, -0.25) is 4.79 Å². The number of nitrogens with one attached hydrogen (secondary N) is 1. The Morgan fingerprint density at radius 1 is 1.26 bits per heavy atom. The van der Waals surface area contributed by atoms with Crippen molar-refractivity contribution in [2.75, 3.05) is 19.6 Å². The fourth-order valence-electron chi connectivity index (χ4n) is 3.29. The third kappa shape index (κ3) is 3.61. The molecule has 1 fully saturated rings. The van der Waals surface area contributed by atoms with Crippen molar-refractivity contribution in [1.82, 2.24) is 15.1 Å². The van der Waals surface area contributed by atoms with Gasteiger partial charge in [-0.2, -0.15) is 0 Å². The van der Waals surface area contributed by atoms with Crippen LogP contribution in [0.1, 0.15) is 30.9 Å². The number of carbonyl (C=O) groups is 2. The van der Waals surface area contributed by atoms with Gasteiger partial charge < -0.3 is 15.1 Å². The summed E-state index contributed by atoms with van der Waals surface area (Å²) in [5.41, 5.74) is 2.38. The van der Waals surface area contributed by atoms with Gasteiger partial charge in [-0.25, -0.2) is 4.79 Å². The van der Waals surface area contributed by atoms with Crippen LogP contribution in [0.3, 0.4) is 0 Å². The minimum Gasteiger partial charge on any atom is -0.341 e. The molecule has 23 heavy (non-hydrogen) atoms. The molecule has 2 aliphatic rings. The molecule has 0 spiro atoms. The molecule has 1 saturated heterocycles. The molecule has 0 saturated carbocycles. The van der Waals surface area contributed by atoms with Crippen LogP contribution in [-0.2, 0) is 17.8 Å². The summed E-state index contributed by atoms with van der Waals surface area (Å²) in [6, 6.07) is 5.87. The van der Waals surface area contributed by atoms with Gasteiger partial charge in [-0.15, -0.1) is 0 Å². The molecule has 124 valence electrons. The number of benzene rings is 1. The zero-order valence-corrected chi connectivity index (χ0v) is 14.1. The van der Waals surface area contributed by atoms with Crippen LogP contribution in [0.25, 0.3) is 0 Å². The summed E-state index contributed by atoms with van der Waals surface area (Å²) in [4.78, 5) is 27.8. The number of urea groups is 1. The number of amides is 3. The van der Waals surface area contributed by atoms with Gasteiger partial charge in [0, 0.05) is 43.7 Å². The van der Waals surface area contributed by atoms with Gasteiger partial charge in [0.05, 0.1) is 0 Å². The molecule has 1 N–H and O–H groups in total. The summed E-state index contributed by atoms with van der Waals surface area (Å²) in [5, 5.41) is 3.81. The Morgan fingerprint density at radius 2 is 2.09 bits per heavy atom. The molecular formula is C17H22ClN3O2. The number of hydrogen-bond acceptors (Lipinski definition) is 2. The first-order valence-corrected chi connectivity index (χ1v) is 8.55. The lowest BCUT2D eigenvalue weighted by Gasteiger charge is -2.30. The van der Waals surface area contributed by atoms with E-state index in [1.54, 1.807) is 0 Å². The molecule has 3 rings (SSSR count). The minimum atomic E-state index is -0.0404. The van der Waals surface area contributed by atoms with Gasteiger partial charge >= 0.3 is 6.03 Å². The Kier molecular flexibility index (Phi) is 4.76. The number of carbonyl (C=O) groups excluding carboxylic acids is 2. The number of halogens is 1. The summed E-state index contributed by atoms with van der Waals surface area (Å²) in [5.74, 6) is 0.158. The van der Waals surface area contributed by atoms with E-state index in [2.05, 4.69) is 5.32 Å². The maximum atomic E-state index is 12.5. The molecule has 0 bridgehead atoms. The lowest BCUT2D eigenvalue weighted by Crippen LogP contribution is -2.47. The summed E-state index contributed by atoms with van der Waals surface area (Å²) in [7, 11) is 0. The second-order valence-corrected chi connectivity index (χ2v) is 6.65. The lowest BCUT2D eigenvalue weighted by molar-refractivity contribution is -0.129. The normalized spacial score (nSPS) is 20.3. The van der Waals surface area contributed by atoms with E-state index >= 15 is 0 Å². The Labute approximate surface area is 141 Å². The monoisotopic (exact) mass is 335 g/mol.